The number of aliphatic hydroxyl groups excluding tert-OH is 3. The van der Waals surface area contributed by atoms with Crippen LogP contribution in [-0.2, 0) is 14.3 Å². The van der Waals surface area contributed by atoms with Crippen LogP contribution in [0.5, 0.6) is 23.0 Å². The fraction of sp³-hybridized carbons (Fsp3) is 0.273. The molecule has 2 aromatic carbocycles. The average Bonchev–Trinajstić information content (AvgIpc) is 2.80. The predicted octanol–water partition coefficient (Wildman–Crippen LogP) is -0.0638. The SMILES string of the molecule is COC(=O)C1OC(Oc2c(-c3ccc(O)cc3)oc3cc(O)cc(O)c3c2=O)C(O)C(O)C1O. The lowest BCUT2D eigenvalue weighted by atomic mass is 9.99. The largest absolute Gasteiger partial charge is 0.508 e. The second-order valence-electron chi connectivity index (χ2n) is 7.51. The Hall–Kier alpha value is -3.84. The first-order valence-electron chi connectivity index (χ1n) is 9.88. The van der Waals surface area contributed by atoms with E-state index in [2.05, 4.69) is 4.74 Å². The van der Waals surface area contributed by atoms with Crippen molar-refractivity contribution in [2.45, 2.75) is 30.7 Å². The van der Waals surface area contributed by atoms with Gasteiger partial charge in [-0.25, -0.2) is 4.79 Å². The summed E-state index contributed by atoms with van der Waals surface area (Å²) in [5.74, 6) is -3.00. The zero-order chi connectivity index (χ0) is 24.7. The van der Waals surface area contributed by atoms with Crippen LogP contribution in [0.15, 0.2) is 45.6 Å². The van der Waals surface area contributed by atoms with Gasteiger partial charge in [-0.15, -0.1) is 0 Å². The number of hydrogen-bond acceptors (Lipinski definition) is 12. The molecule has 1 aliphatic rings. The molecule has 2 heterocycles. The molecule has 0 aliphatic carbocycles. The monoisotopic (exact) mass is 476 g/mol. The number of phenolic OH excluding ortho intramolecular Hbond substituents is 3. The molecular formula is C22H20O12. The standard InChI is InChI=1S/C22H20O12/c1-31-21(30)20-16(28)15(27)17(29)22(34-20)33-19-14(26)13-11(25)6-10(24)7-12(13)32-18(19)8-2-4-9(23)5-3-8/h2-7,15-17,20,22-25,27-29H,1H3. The summed E-state index contributed by atoms with van der Waals surface area (Å²) in [6.07, 6.45) is -9.26. The van der Waals surface area contributed by atoms with Gasteiger partial charge >= 0.3 is 5.97 Å². The molecule has 0 radical (unpaired) electrons. The highest BCUT2D eigenvalue weighted by Gasteiger charge is 2.49. The fourth-order valence-corrected chi connectivity index (χ4v) is 3.55. The van der Waals surface area contributed by atoms with Crippen molar-refractivity contribution < 1.29 is 54.1 Å². The Morgan fingerprint density at radius 2 is 1.62 bits per heavy atom. The van der Waals surface area contributed by atoms with Crippen molar-refractivity contribution >= 4 is 16.9 Å². The molecule has 0 bridgehead atoms. The number of hydrogen-bond donors (Lipinski definition) is 6. The normalized spacial score (nSPS) is 24.6. The number of esters is 1. The van der Waals surface area contributed by atoms with Gasteiger partial charge in [0.1, 0.15) is 46.5 Å². The Morgan fingerprint density at radius 3 is 2.26 bits per heavy atom. The summed E-state index contributed by atoms with van der Waals surface area (Å²) in [5.41, 5.74) is -0.927. The van der Waals surface area contributed by atoms with Gasteiger partial charge in [-0.2, -0.15) is 0 Å². The highest BCUT2D eigenvalue weighted by atomic mass is 16.7. The number of methoxy groups -OCH3 is 1. The molecule has 3 aromatic rings. The van der Waals surface area contributed by atoms with Crippen LogP contribution in [-0.4, -0.2) is 74.4 Å². The first-order chi connectivity index (χ1) is 16.1. The Kier molecular flexibility index (Phi) is 6.06. The minimum absolute atomic E-state index is 0.0892. The van der Waals surface area contributed by atoms with E-state index in [1.165, 1.54) is 24.3 Å². The van der Waals surface area contributed by atoms with Gasteiger partial charge in [-0.05, 0) is 24.3 Å². The first kappa shape index (κ1) is 23.3. The van der Waals surface area contributed by atoms with Gasteiger partial charge in [-0.3, -0.25) is 4.79 Å². The maximum atomic E-state index is 13.3. The number of fused-ring (bicyclic) bond motifs is 1. The Bertz CT molecular complexity index is 1280. The summed E-state index contributed by atoms with van der Waals surface area (Å²) in [7, 11) is 1.02. The van der Waals surface area contributed by atoms with Crippen LogP contribution in [0.25, 0.3) is 22.3 Å². The number of carbonyl (C=O) groups excluding carboxylic acids is 1. The van der Waals surface area contributed by atoms with Crippen LogP contribution in [0, 0.1) is 0 Å². The predicted molar refractivity (Wildman–Crippen MR) is 112 cm³/mol. The van der Waals surface area contributed by atoms with Crippen molar-refractivity contribution in [2.24, 2.45) is 0 Å². The van der Waals surface area contributed by atoms with E-state index in [0.29, 0.717) is 0 Å². The Labute approximate surface area is 190 Å². The van der Waals surface area contributed by atoms with E-state index in [0.717, 1.165) is 19.2 Å². The molecule has 4 rings (SSSR count). The van der Waals surface area contributed by atoms with Crippen molar-refractivity contribution in [3.05, 3.63) is 46.6 Å². The van der Waals surface area contributed by atoms with Crippen molar-refractivity contribution in [1.82, 2.24) is 0 Å². The molecule has 6 N–H and O–H groups in total. The third kappa shape index (κ3) is 3.99. The van der Waals surface area contributed by atoms with Gasteiger partial charge in [-0.1, -0.05) is 0 Å². The molecule has 34 heavy (non-hydrogen) atoms. The minimum Gasteiger partial charge on any atom is -0.508 e. The number of ether oxygens (including phenoxy) is 3. The molecular weight excluding hydrogens is 456 g/mol. The van der Waals surface area contributed by atoms with Crippen LogP contribution in [0.1, 0.15) is 0 Å². The summed E-state index contributed by atoms with van der Waals surface area (Å²) in [6.45, 7) is 0. The Balaban J connectivity index is 1.87. The van der Waals surface area contributed by atoms with Gasteiger partial charge in [0, 0.05) is 17.7 Å². The van der Waals surface area contributed by atoms with Gasteiger partial charge in [0.2, 0.25) is 17.5 Å². The zero-order valence-electron chi connectivity index (χ0n) is 17.5. The van der Waals surface area contributed by atoms with Crippen molar-refractivity contribution in [2.75, 3.05) is 7.11 Å². The number of benzene rings is 2. The Morgan fingerprint density at radius 1 is 0.941 bits per heavy atom. The molecule has 12 heteroatoms. The molecule has 1 aliphatic heterocycles. The molecule has 1 aromatic heterocycles. The van der Waals surface area contributed by atoms with Gasteiger partial charge in [0.25, 0.3) is 0 Å². The zero-order valence-corrected chi connectivity index (χ0v) is 17.5. The molecule has 0 spiro atoms. The second kappa shape index (κ2) is 8.83. The smallest absolute Gasteiger partial charge is 0.337 e. The summed E-state index contributed by atoms with van der Waals surface area (Å²) in [5, 5.41) is 59.8. The quantitative estimate of drug-likeness (QED) is 0.275. The van der Waals surface area contributed by atoms with Gasteiger partial charge in [0.05, 0.1) is 7.11 Å². The summed E-state index contributed by atoms with van der Waals surface area (Å²) >= 11 is 0. The van der Waals surface area contributed by atoms with Gasteiger partial charge < -0.3 is 49.3 Å². The van der Waals surface area contributed by atoms with E-state index < -0.39 is 53.6 Å². The number of aromatic hydroxyl groups is 3. The highest BCUT2D eigenvalue weighted by molar-refractivity contribution is 5.88. The molecule has 0 amide bonds. The molecule has 1 fully saturated rings. The van der Waals surface area contributed by atoms with Crippen molar-refractivity contribution in [1.29, 1.82) is 0 Å². The van der Waals surface area contributed by atoms with E-state index in [4.69, 9.17) is 13.9 Å². The maximum absolute atomic E-state index is 13.3. The summed E-state index contributed by atoms with van der Waals surface area (Å²) in [4.78, 5) is 25.3. The average molecular weight is 476 g/mol. The third-order valence-corrected chi connectivity index (χ3v) is 5.28. The van der Waals surface area contributed by atoms with E-state index in [1.54, 1.807) is 0 Å². The molecule has 12 nitrogen and oxygen atoms in total. The van der Waals surface area contributed by atoms with Crippen LogP contribution >= 0.6 is 0 Å². The lowest BCUT2D eigenvalue weighted by Crippen LogP contribution is -2.61. The van der Waals surface area contributed by atoms with E-state index in [9.17, 15) is 40.2 Å². The van der Waals surface area contributed by atoms with Crippen molar-refractivity contribution in [3.63, 3.8) is 0 Å². The summed E-state index contributed by atoms with van der Waals surface area (Å²) in [6, 6.07) is 7.34. The third-order valence-electron chi connectivity index (χ3n) is 5.28. The maximum Gasteiger partial charge on any atom is 0.337 e. The van der Waals surface area contributed by atoms with Crippen LogP contribution in [0.3, 0.4) is 0 Å². The second-order valence-corrected chi connectivity index (χ2v) is 7.51. The topological polar surface area (TPSA) is 196 Å². The fourth-order valence-electron chi connectivity index (χ4n) is 3.55. The van der Waals surface area contributed by atoms with Crippen LogP contribution in [0.2, 0.25) is 0 Å². The molecule has 180 valence electrons. The number of carbonyl (C=O) groups is 1. The number of phenols is 3. The molecule has 5 unspecified atom stereocenters. The van der Waals surface area contributed by atoms with E-state index >= 15 is 0 Å². The first-order valence-corrected chi connectivity index (χ1v) is 9.88. The molecule has 1 saturated heterocycles. The lowest BCUT2D eigenvalue weighted by molar-refractivity contribution is -0.272. The molecule has 5 atom stereocenters. The molecule has 0 saturated carbocycles. The van der Waals surface area contributed by atoms with E-state index in [1.807, 2.05) is 0 Å². The van der Waals surface area contributed by atoms with Gasteiger partial charge in [0.15, 0.2) is 11.9 Å². The van der Waals surface area contributed by atoms with E-state index in [-0.39, 0.29) is 33.8 Å². The van der Waals surface area contributed by atoms with Crippen LogP contribution in [0.4, 0.5) is 0 Å². The lowest BCUT2D eigenvalue weighted by Gasteiger charge is -2.38. The number of aliphatic hydroxyl groups is 3. The summed E-state index contributed by atoms with van der Waals surface area (Å²) < 4.78 is 21.1. The number of rotatable bonds is 4. The van der Waals surface area contributed by atoms with Crippen LogP contribution < -0.4 is 10.2 Å². The van der Waals surface area contributed by atoms with Crippen molar-refractivity contribution in [3.8, 4) is 34.3 Å². The highest BCUT2D eigenvalue weighted by Crippen LogP contribution is 2.37. The minimum atomic E-state index is -1.91.